The molecule has 0 radical (unpaired) electrons. The zero-order valence-corrected chi connectivity index (χ0v) is 22.4. The Hall–Kier alpha value is -3.78. The van der Waals surface area contributed by atoms with Crippen LogP contribution in [0.2, 0.25) is 0 Å². The van der Waals surface area contributed by atoms with Crippen molar-refractivity contribution in [3.8, 4) is 11.5 Å². The second-order valence-corrected chi connectivity index (χ2v) is 11.1. The van der Waals surface area contributed by atoms with Crippen molar-refractivity contribution in [1.82, 2.24) is 15.1 Å². The van der Waals surface area contributed by atoms with Crippen LogP contribution < -0.4 is 14.8 Å². The number of allylic oxidation sites excluding steroid dienone is 1. The molecule has 0 aromatic heterocycles. The number of fused-ring (bicyclic) bond motifs is 1. The van der Waals surface area contributed by atoms with E-state index < -0.39 is 5.60 Å². The van der Waals surface area contributed by atoms with Gasteiger partial charge < -0.3 is 19.5 Å². The van der Waals surface area contributed by atoms with Crippen LogP contribution in [0.25, 0.3) is 0 Å². The van der Waals surface area contributed by atoms with Crippen LogP contribution in [-0.4, -0.2) is 60.4 Å². The van der Waals surface area contributed by atoms with Gasteiger partial charge in [0.25, 0.3) is 0 Å². The molecule has 0 saturated carbocycles. The molecular weight excluding hydrogens is 494 g/mol. The number of nitrogens with zero attached hydrogens (tertiary/aromatic N) is 2. The first-order valence-electron chi connectivity index (χ1n) is 13.7. The van der Waals surface area contributed by atoms with Gasteiger partial charge in [0.15, 0.2) is 11.5 Å². The Morgan fingerprint density at radius 1 is 1.03 bits per heavy atom. The van der Waals surface area contributed by atoms with Gasteiger partial charge in [0.1, 0.15) is 5.60 Å². The first-order valence-corrected chi connectivity index (χ1v) is 13.7. The summed E-state index contributed by atoms with van der Waals surface area (Å²) in [7, 11) is 0. The van der Waals surface area contributed by atoms with Crippen LogP contribution in [0, 0.1) is 12.8 Å². The number of aryl methyl sites for hydroxylation is 1. The Morgan fingerprint density at radius 2 is 1.79 bits per heavy atom. The molecule has 1 atom stereocenters. The number of hydrogen-bond donors (Lipinski definition) is 1. The maximum Gasteiger partial charge on any atom is 0.410 e. The predicted octanol–water partition coefficient (Wildman–Crippen LogP) is 4.33. The SMILES string of the molecule is Cc1ccc(CN2CCC3(CC2)CN(CC2=CCC(C(=O)NCc4ccc5c(c4)OCO5)C=C2)C(=O)O3)cc1. The third-order valence-corrected chi connectivity index (χ3v) is 8.13. The van der Waals surface area contributed by atoms with E-state index in [0.717, 1.165) is 49.4 Å². The molecular formula is C31H35N3O5. The molecule has 1 aliphatic carbocycles. The molecule has 2 aromatic rings. The average Bonchev–Trinajstić information content (AvgIpc) is 3.54. The minimum absolute atomic E-state index is 0.0175. The first-order chi connectivity index (χ1) is 18.9. The molecule has 204 valence electrons. The van der Waals surface area contributed by atoms with Gasteiger partial charge in [0, 0.05) is 45.6 Å². The lowest BCUT2D eigenvalue weighted by molar-refractivity contribution is -0.123. The Morgan fingerprint density at radius 3 is 2.56 bits per heavy atom. The van der Waals surface area contributed by atoms with Crippen LogP contribution in [-0.2, 0) is 22.6 Å². The highest BCUT2D eigenvalue weighted by atomic mass is 16.7. The summed E-state index contributed by atoms with van der Waals surface area (Å²) in [5.41, 5.74) is 4.20. The molecule has 1 unspecified atom stereocenters. The molecule has 39 heavy (non-hydrogen) atoms. The minimum atomic E-state index is -0.392. The number of rotatable bonds is 7. The number of hydrogen-bond acceptors (Lipinski definition) is 6. The molecule has 3 heterocycles. The zero-order valence-electron chi connectivity index (χ0n) is 22.4. The maximum absolute atomic E-state index is 12.7. The summed E-state index contributed by atoms with van der Waals surface area (Å²) in [6.07, 6.45) is 8.04. The van der Waals surface area contributed by atoms with Crippen LogP contribution in [0.3, 0.4) is 0 Å². The largest absolute Gasteiger partial charge is 0.454 e. The number of ether oxygens (including phenoxy) is 3. The number of carbonyl (C=O) groups excluding carboxylic acids is 2. The minimum Gasteiger partial charge on any atom is -0.454 e. The van der Waals surface area contributed by atoms with E-state index in [1.807, 2.05) is 35.3 Å². The van der Waals surface area contributed by atoms with E-state index in [0.29, 0.717) is 31.8 Å². The topological polar surface area (TPSA) is 80.3 Å². The number of benzene rings is 2. The number of nitrogens with one attached hydrogen (secondary N) is 1. The van der Waals surface area contributed by atoms with Gasteiger partial charge in [-0.1, -0.05) is 54.1 Å². The van der Waals surface area contributed by atoms with Crippen molar-refractivity contribution in [2.45, 2.75) is 44.9 Å². The fourth-order valence-electron chi connectivity index (χ4n) is 5.71. The van der Waals surface area contributed by atoms with E-state index in [2.05, 4.69) is 47.5 Å². The molecule has 2 amide bonds. The molecule has 4 aliphatic rings. The van der Waals surface area contributed by atoms with Crippen molar-refractivity contribution in [2.75, 3.05) is 33.0 Å². The standard InChI is InChI=1S/C31H35N3O5/c1-22-2-4-23(5-3-22)18-33-14-12-31(13-15-33)20-34(30(36)39-31)19-24-6-9-26(10-7-24)29(35)32-17-25-8-11-27-28(16-25)38-21-37-27/h2-9,11,16,26H,10,12-15,17-21H2,1H3,(H,32,35). The van der Waals surface area contributed by atoms with E-state index in [9.17, 15) is 9.59 Å². The van der Waals surface area contributed by atoms with E-state index >= 15 is 0 Å². The molecule has 3 aliphatic heterocycles. The average molecular weight is 530 g/mol. The third-order valence-electron chi connectivity index (χ3n) is 8.13. The second kappa shape index (κ2) is 10.8. The smallest absolute Gasteiger partial charge is 0.410 e. The van der Waals surface area contributed by atoms with Crippen molar-refractivity contribution in [2.24, 2.45) is 5.92 Å². The third kappa shape index (κ3) is 5.81. The van der Waals surface area contributed by atoms with Crippen LogP contribution in [0.15, 0.2) is 66.3 Å². The lowest BCUT2D eigenvalue weighted by Gasteiger charge is -2.37. The maximum atomic E-state index is 12.7. The lowest BCUT2D eigenvalue weighted by atomic mass is 9.90. The van der Waals surface area contributed by atoms with Crippen LogP contribution in [0.1, 0.15) is 36.0 Å². The van der Waals surface area contributed by atoms with Gasteiger partial charge in [0.05, 0.1) is 12.5 Å². The van der Waals surface area contributed by atoms with Crippen molar-refractivity contribution in [1.29, 1.82) is 0 Å². The normalized spacial score (nSPS) is 21.7. The van der Waals surface area contributed by atoms with Gasteiger partial charge >= 0.3 is 6.09 Å². The van der Waals surface area contributed by atoms with Gasteiger partial charge in [-0.25, -0.2) is 4.79 Å². The Bertz CT molecular complexity index is 1290. The fraction of sp³-hybridized carbons (Fsp3) is 0.419. The highest BCUT2D eigenvalue weighted by molar-refractivity contribution is 5.81. The van der Waals surface area contributed by atoms with Crippen molar-refractivity contribution in [3.63, 3.8) is 0 Å². The molecule has 0 bridgehead atoms. The van der Waals surface area contributed by atoms with Crippen LogP contribution in [0.4, 0.5) is 4.79 Å². The van der Waals surface area contributed by atoms with Gasteiger partial charge in [0.2, 0.25) is 12.7 Å². The molecule has 2 aromatic carbocycles. The predicted molar refractivity (Wildman–Crippen MR) is 146 cm³/mol. The fourth-order valence-corrected chi connectivity index (χ4v) is 5.71. The zero-order chi connectivity index (χ0) is 26.8. The number of piperidine rings is 1. The summed E-state index contributed by atoms with van der Waals surface area (Å²) in [6, 6.07) is 14.4. The monoisotopic (exact) mass is 529 g/mol. The first kappa shape index (κ1) is 25.5. The number of carbonyl (C=O) groups is 2. The summed E-state index contributed by atoms with van der Waals surface area (Å²) < 4.78 is 16.7. The summed E-state index contributed by atoms with van der Waals surface area (Å²) in [5.74, 6) is 1.20. The van der Waals surface area contributed by atoms with Crippen LogP contribution in [0.5, 0.6) is 11.5 Å². The van der Waals surface area contributed by atoms with E-state index in [1.54, 1.807) is 0 Å². The van der Waals surface area contributed by atoms with Crippen molar-refractivity contribution in [3.05, 3.63) is 83.0 Å². The van der Waals surface area contributed by atoms with Gasteiger partial charge in [-0.2, -0.15) is 0 Å². The molecule has 2 saturated heterocycles. The summed E-state index contributed by atoms with van der Waals surface area (Å²) in [5, 5.41) is 3.01. The lowest BCUT2D eigenvalue weighted by Crippen LogP contribution is -2.46. The molecule has 1 N–H and O–H groups in total. The number of likely N-dealkylation sites (tertiary alicyclic amines) is 1. The Labute approximate surface area is 229 Å². The highest BCUT2D eigenvalue weighted by Crippen LogP contribution is 2.35. The Kier molecular flexibility index (Phi) is 7.04. The summed E-state index contributed by atoms with van der Waals surface area (Å²) in [6.45, 7) is 6.66. The molecule has 6 rings (SSSR count). The molecule has 8 heteroatoms. The van der Waals surface area contributed by atoms with Gasteiger partial charge in [-0.15, -0.1) is 0 Å². The van der Waals surface area contributed by atoms with Crippen LogP contribution >= 0.6 is 0 Å². The molecule has 8 nitrogen and oxygen atoms in total. The van der Waals surface area contributed by atoms with Crippen molar-refractivity contribution >= 4 is 12.0 Å². The Balaban J connectivity index is 0.957. The number of amides is 2. The quantitative estimate of drug-likeness (QED) is 0.575. The summed E-state index contributed by atoms with van der Waals surface area (Å²) in [4.78, 5) is 29.7. The van der Waals surface area contributed by atoms with E-state index in [1.165, 1.54) is 11.1 Å². The van der Waals surface area contributed by atoms with E-state index in [-0.39, 0.29) is 24.7 Å². The van der Waals surface area contributed by atoms with Gasteiger partial charge in [-0.3, -0.25) is 14.6 Å². The van der Waals surface area contributed by atoms with E-state index in [4.69, 9.17) is 14.2 Å². The molecule has 1 spiro atoms. The second-order valence-electron chi connectivity index (χ2n) is 11.1. The summed E-state index contributed by atoms with van der Waals surface area (Å²) >= 11 is 0. The van der Waals surface area contributed by atoms with Crippen molar-refractivity contribution < 1.29 is 23.8 Å². The highest BCUT2D eigenvalue weighted by Gasteiger charge is 2.46. The van der Waals surface area contributed by atoms with Gasteiger partial charge in [-0.05, 0) is 42.2 Å². The molecule has 2 fully saturated rings.